The Bertz CT molecular complexity index is 709. The zero-order chi connectivity index (χ0) is 16.3. The van der Waals surface area contributed by atoms with Crippen molar-refractivity contribution in [3.05, 3.63) is 53.6 Å². The van der Waals surface area contributed by atoms with Gasteiger partial charge in [0.25, 0.3) is 0 Å². The Balaban J connectivity index is 2.23. The first kappa shape index (κ1) is 16.5. The number of aryl methyl sites for hydroxylation is 1. The number of aromatic hydroxyl groups is 2. The Kier molecular flexibility index (Phi) is 4.88. The lowest BCUT2D eigenvalue weighted by Crippen LogP contribution is -2.15. The number of rotatable bonds is 5. The molecule has 118 valence electrons. The van der Waals surface area contributed by atoms with Gasteiger partial charge in [0.15, 0.2) is 0 Å². The zero-order valence-corrected chi connectivity index (χ0v) is 12.5. The summed E-state index contributed by atoms with van der Waals surface area (Å²) in [6.07, 6.45) is -0.704. The van der Waals surface area contributed by atoms with Crippen LogP contribution in [0.4, 0.5) is 0 Å². The second kappa shape index (κ2) is 6.50. The van der Waals surface area contributed by atoms with Gasteiger partial charge in [0.2, 0.25) is 0 Å². The van der Waals surface area contributed by atoms with Crippen LogP contribution in [0.1, 0.15) is 23.7 Å². The summed E-state index contributed by atoms with van der Waals surface area (Å²) in [5.74, 6) is -0.255. The first-order valence-electron chi connectivity index (χ1n) is 6.63. The molecule has 0 heterocycles. The molecule has 0 amide bonds. The predicted octanol–water partition coefficient (Wildman–Crippen LogP) is 1.57. The summed E-state index contributed by atoms with van der Waals surface area (Å²) in [6, 6.07) is 10.3. The zero-order valence-electron chi connectivity index (χ0n) is 11.6. The average Bonchev–Trinajstić information content (AvgIpc) is 2.43. The van der Waals surface area contributed by atoms with Gasteiger partial charge in [0.05, 0.1) is 11.4 Å². The maximum Gasteiger partial charge on any atom is 0.356 e. The molecule has 0 aromatic heterocycles. The van der Waals surface area contributed by atoms with Crippen LogP contribution in [0.15, 0.2) is 42.5 Å². The lowest BCUT2D eigenvalue weighted by molar-refractivity contribution is 0.165. The molecule has 2 aromatic rings. The van der Waals surface area contributed by atoms with Crippen molar-refractivity contribution in [2.45, 2.75) is 18.9 Å². The number of hydrogen-bond acceptors (Lipinski definition) is 4. The van der Waals surface area contributed by atoms with Crippen molar-refractivity contribution < 1.29 is 29.7 Å². The number of hydrogen-bond donors (Lipinski definition) is 5. The molecule has 6 nitrogen and oxygen atoms in total. The molecule has 0 saturated heterocycles. The summed E-state index contributed by atoms with van der Waals surface area (Å²) < 4.78 is 11.5. The molecular formula is C15H17O6P. The fourth-order valence-electron chi connectivity index (χ4n) is 2.30. The van der Waals surface area contributed by atoms with Gasteiger partial charge in [0.1, 0.15) is 11.5 Å². The van der Waals surface area contributed by atoms with E-state index in [0.29, 0.717) is 6.42 Å². The molecule has 0 radical (unpaired) electrons. The topological polar surface area (TPSA) is 118 Å². The minimum absolute atomic E-state index is 0.102. The summed E-state index contributed by atoms with van der Waals surface area (Å²) >= 11 is 0. The number of aliphatic hydroxyl groups is 1. The molecule has 0 fully saturated rings. The summed E-state index contributed by atoms with van der Waals surface area (Å²) in [5.41, 5.74) is 0.614. The summed E-state index contributed by atoms with van der Waals surface area (Å²) in [4.78, 5) is 18.6. The van der Waals surface area contributed by atoms with Crippen molar-refractivity contribution in [1.82, 2.24) is 0 Å². The van der Waals surface area contributed by atoms with Crippen molar-refractivity contribution in [3.63, 3.8) is 0 Å². The maximum absolute atomic E-state index is 11.5. The number of phenolic OH excluding ortho intramolecular Hbond substituents is 2. The van der Waals surface area contributed by atoms with E-state index in [1.807, 2.05) is 0 Å². The SMILES string of the molecule is O=P(O)(O)c1cccc(O)c1C(O)CCc1cccc(O)c1. The number of benzene rings is 2. The smallest absolute Gasteiger partial charge is 0.356 e. The molecule has 0 aliphatic heterocycles. The van der Waals surface area contributed by atoms with Gasteiger partial charge in [-0.05, 0) is 42.7 Å². The molecule has 2 rings (SSSR count). The quantitative estimate of drug-likeness (QED) is 0.533. The van der Waals surface area contributed by atoms with E-state index in [2.05, 4.69) is 0 Å². The molecule has 0 bridgehead atoms. The van der Waals surface area contributed by atoms with Gasteiger partial charge < -0.3 is 25.1 Å². The highest BCUT2D eigenvalue weighted by Crippen LogP contribution is 2.39. The van der Waals surface area contributed by atoms with Crippen molar-refractivity contribution in [2.75, 3.05) is 0 Å². The molecule has 0 spiro atoms. The minimum atomic E-state index is -4.60. The normalized spacial score (nSPS) is 13.0. The molecule has 1 atom stereocenters. The molecule has 7 heteroatoms. The minimum Gasteiger partial charge on any atom is -0.508 e. The van der Waals surface area contributed by atoms with Gasteiger partial charge in [-0.2, -0.15) is 0 Å². The summed E-state index contributed by atoms with van der Waals surface area (Å²) in [7, 11) is -4.60. The molecular weight excluding hydrogens is 307 g/mol. The highest BCUT2D eigenvalue weighted by atomic mass is 31.2. The third-order valence-electron chi connectivity index (χ3n) is 3.32. The lowest BCUT2D eigenvalue weighted by Gasteiger charge is -2.17. The summed E-state index contributed by atoms with van der Waals surface area (Å²) in [5, 5.41) is 29.0. The van der Waals surface area contributed by atoms with Gasteiger partial charge in [0, 0.05) is 5.56 Å². The fourth-order valence-corrected chi connectivity index (χ4v) is 3.15. The largest absolute Gasteiger partial charge is 0.508 e. The molecule has 0 aliphatic rings. The van der Waals surface area contributed by atoms with Gasteiger partial charge in [-0.3, -0.25) is 4.57 Å². The van der Waals surface area contributed by atoms with Crippen LogP contribution in [0, 0.1) is 0 Å². The fraction of sp³-hybridized carbons (Fsp3) is 0.200. The lowest BCUT2D eigenvalue weighted by atomic mass is 10.0. The van der Waals surface area contributed by atoms with Crippen LogP contribution < -0.4 is 5.30 Å². The Morgan fingerprint density at radius 1 is 1.05 bits per heavy atom. The monoisotopic (exact) mass is 324 g/mol. The van der Waals surface area contributed by atoms with Gasteiger partial charge in [-0.25, -0.2) is 0 Å². The highest BCUT2D eigenvalue weighted by molar-refractivity contribution is 7.60. The van der Waals surface area contributed by atoms with E-state index in [9.17, 15) is 29.7 Å². The molecule has 5 N–H and O–H groups in total. The van der Waals surface area contributed by atoms with Crippen LogP contribution >= 0.6 is 7.60 Å². The van der Waals surface area contributed by atoms with E-state index >= 15 is 0 Å². The van der Waals surface area contributed by atoms with Crippen molar-refractivity contribution in [3.8, 4) is 11.5 Å². The maximum atomic E-state index is 11.5. The van der Waals surface area contributed by atoms with Crippen LogP contribution in [-0.2, 0) is 11.0 Å². The Hall–Kier alpha value is -1.85. The number of phenols is 2. The van der Waals surface area contributed by atoms with Crippen molar-refractivity contribution in [2.24, 2.45) is 0 Å². The van der Waals surface area contributed by atoms with Crippen molar-refractivity contribution in [1.29, 1.82) is 0 Å². The van der Waals surface area contributed by atoms with Crippen molar-refractivity contribution >= 4 is 12.9 Å². The third-order valence-corrected chi connectivity index (χ3v) is 4.34. The Morgan fingerprint density at radius 2 is 1.73 bits per heavy atom. The Morgan fingerprint density at radius 3 is 2.36 bits per heavy atom. The van der Waals surface area contributed by atoms with Crippen LogP contribution in [0.25, 0.3) is 0 Å². The third kappa shape index (κ3) is 3.87. The van der Waals surface area contributed by atoms with Crippen LogP contribution in [0.3, 0.4) is 0 Å². The first-order valence-corrected chi connectivity index (χ1v) is 8.24. The van der Waals surface area contributed by atoms with Crippen LogP contribution in [0.5, 0.6) is 11.5 Å². The van der Waals surface area contributed by atoms with E-state index in [-0.39, 0.29) is 28.8 Å². The van der Waals surface area contributed by atoms with E-state index < -0.39 is 13.7 Å². The molecule has 0 saturated carbocycles. The van der Waals surface area contributed by atoms with E-state index in [0.717, 1.165) is 5.56 Å². The van der Waals surface area contributed by atoms with Crippen LogP contribution in [0.2, 0.25) is 0 Å². The molecule has 0 aliphatic carbocycles. The Labute approximate surface area is 127 Å². The van der Waals surface area contributed by atoms with Crippen LogP contribution in [-0.4, -0.2) is 25.1 Å². The van der Waals surface area contributed by atoms with E-state index in [1.165, 1.54) is 24.3 Å². The second-order valence-electron chi connectivity index (χ2n) is 4.98. The highest BCUT2D eigenvalue weighted by Gasteiger charge is 2.27. The van der Waals surface area contributed by atoms with Gasteiger partial charge in [-0.15, -0.1) is 0 Å². The average molecular weight is 324 g/mol. The molecule has 22 heavy (non-hydrogen) atoms. The standard InChI is InChI=1S/C15H17O6P/c16-11-4-1-3-10(9-11)7-8-13(18)15-12(17)5-2-6-14(15)22(19,20)21/h1-6,9,13,16-18H,7-8H2,(H2,19,20,21). The van der Waals surface area contributed by atoms with E-state index in [4.69, 9.17) is 0 Å². The summed E-state index contributed by atoms with van der Waals surface area (Å²) in [6.45, 7) is 0. The predicted molar refractivity (Wildman–Crippen MR) is 81.2 cm³/mol. The van der Waals surface area contributed by atoms with Gasteiger partial charge in [-0.1, -0.05) is 18.2 Å². The number of aliphatic hydroxyl groups excluding tert-OH is 1. The molecule has 1 unspecified atom stereocenters. The second-order valence-corrected chi connectivity index (χ2v) is 6.55. The van der Waals surface area contributed by atoms with E-state index in [1.54, 1.807) is 18.2 Å². The first-order chi connectivity index (χ1) is 10.3. The molecule has 2 aromatic carbocycles. The van der Waals surface area contributed by atoms with Gasteiger partial charge >= 0.3 is 7.60 Å².